The number of hydrogen-bond donors (Lipinski definition) is 1. The average Bonchev–Trinajstić information content (AvgIpc) is 2.96. The highest BCUT2D eigenvalue weighted by molar-refractivity contribution is 5.98. The van der Waals surface area contributed by atoms with E-state index in [2.05, 4.69) is 10.3 Å². The van der Waals surface area contributed by atoms with Crippen molar-refractivity contribution >= 4 is 23.8 Å². The molecular formula is C29H36N2O11. The number of cyclic esters (lactones) is 1. The first-order chi connectivity index (χ1) is 20.1. The summed E-state index contributed by atoms with van der Waals surface area (Å²) in [4.78, 5) is 54.3. The Hall–Kier alpha value is -4.39. The number of pyridine rings is 1. The van der Waals surface area contributed by atoms with Gasteiger partial charge in [-0.3, -0.25) is 14.4 Å². The van der Waals surface area contributed by atoms with Crippen molar-refractivity contribution < 1.29 is 52.3 Å². The number of carbonyl (C=O) groups excluding carboxylic acids is 4. The maximum Gasteiger partial charge on any atom is 0.329 e. The largest absolute Gasteiger partial charge is 0.493 e. The quantitative estimate of drug-likeness (QED) is 0.246. The lowest BCUT2D eigenvalue weighted by atomic mass is 10.1. The number of methoxy groups -OCH3 is 1. The average molecular weight is 589 g/mol. The van der Waals surface area contributed by atoms with E-state index in [0.29, 0.717) is 5.75 Å². The molecule has 1 amide bonds. The molecular weight excluding hydrogens is 552 g/mol. The molecule has 0 unspecified atom stereocenters. The second-order valence-electron chi connectivity index (χ2n) is 9.65. The molecule has 0 radical (unpaired) electrons. The van der Waals surface area contributed by atoms with Gasteiger partial charge in [-0.15, -0.1) is 0 Å². The molecule has 0 aliphatic carbocycles. The van der Waals surface area contributed by atoms with Crippen molar-refractivity contribution in [3.8, 4) is 17.2 Å². The van der Waals surface area contributed by atoms with Crippen LogP contribution in [0.3, 0.4) is 0 Å². The number of para-hydroxylation sites is 1. The molecule has 4 atom stereocenters. The molecule has 0 saturated carbocycles. The summed E-state index contributed by atoms with van der Waals surface area (Å²) in [6.45, 7) is 5.71. The van der Waals surface area contributed by atoms with Crippen LogP contribution in [0, 0.1) is 5.92 Å². The normalized spacial score (nSPS) is 21.0. The van der Waals surface area contributed by atoms with E-state index in [1.807, 2.05) is 6.07 Å². The van der Waals surface area contributed by atoms with Gasteiger partial charge in [0.25, 0.3) is 5.91 Å². The summed E-state index contributed by atoms with van der Waals surface area (Å²) >= 11 is 0. The third kappa shape index (κ3) is 9.06. The number of nitrogens with zero attached hydrogens (tertiary/aromatic N) is 1. The molecule has 228 valence electrons. The van der Waals surface area contributed by atoms with E-state index in [1.54, 1.807) is 45.0 Å². The number of carbonyl (C=O) groups is 4. The number of rotatable bonds is 10. The molecule has 1 aliphatic heterocycles. The predicted molar refractivity (Wildman–Crippen MR) is 146 cm³/mol. The summed E-state index contributed by atoms with van der Waals surface area (Å²) in [5, 5.41) is 2.61. The zero-order chi connectivity index (χ0) is 30.6. The van der Waals surface area contributed by atoms with E-state index >= 15 is 0 Å². The topological polar surface area (TPSA) is 158 Å². The first-order valence-electron chi connectivity index (χ1n) is 13.4. The van der Waals surface area contributed by atoms with Crippen LogP contribution in [0.15, 0.2) is 42.6 Å². The van der Waals surface area contributed by atoms with Gasteiger partial charge in [-0.25, -0.2) is 9.78 Å². The number of hydrogen-bond acceptors (Lipinski definition) is 12. The fraction of sp³-hybridized carbons (Fsp3) is 0.483. The van der Waals surface area contributed by atoms with Gasteiger partial charge in [-0.2, -0.15) is 0 Å². The molecule has 0 spiro atoms. The molecule has 1 saturated heterocycles. The predicted octanol–water partition coefficient (Wildman–Crippen LogP) is 2.46. The Morgan fingerprint density at radius 3 is 2.55 bits per heavy atom. The van der Waals surface area contributed by atoms with Crippen LogP contribution in [0.2, 0.25) is 0 Å². The van der Waals surface area contributed by atoms with Crippen LogP contribution in [0.1, 0.15) is 44.6 Å². The third-order valence-corrected chi connectivity index (χ3v) is 6.08. The highest BCUT2D eigenvalue weighted by Gasteiger charge is 2.38. The Bertz CT molecular complexity index is 1220. The number of amides is 1. The molecule has 1 aliphatic rings. The van der Waals surface area contributed by atoms with Crippen molar-refractivity contribution in [2.24, 2.45) is 5.92 Å². The second-order valence-corrected chi connectivity index (χ2v) is 9.65. The van der Waals surface area contributed by atoms with Crippen LogP contribution in [0.4, 0.5) is 0 Å². The Balaban J connectivity index is 1.81. The maximum atomic E-state index is 13.3. The molecule has 42 heavy (non-hydrogen) atoms. The van der Waals surface area contributed by atoms with Gasteiger partial charge in [0.1, 0.15) is 17.9 Å². The van der Waals surface area contributed by atoms with Crippen LogP contribution in [-0.2, 0) is 33.3 Å². The van der Waals surface area contributed by atoms with Gasteiger partial charge < -0.3 is 38.5 Å². The van der Waals surface area contributed by atoms with E-state index in [-0.39, 0.29) is 36.8 Å². The summed E-state index contributed by atoms with van der Waals surface area (Å²) in [6.07, 6.45) is -1.35. The standard InChI is InChI=1S/C29H36N2O11/c1-17(2)28(34)42-23-15-37-14-12-21(29(35)40-18(3)25(23)41-20-9-7-6-8-10-20)31-27(33)24-26(39-16-38-19(4)32)22(36-5)11-13-30-24/h6-11,13,17-18,21,23,25H,12,14-16H2,1-5H3,(H,31,33)/t18-,21-,23-,25-/m0/s1. The third-order valence-electron chi connectivity index (χ3n) is 6.08. The maximum absolute atomic E-state index is 13.3. The van der Waals surface area contributed by atoms with Crippen LogP contribution in [0.5, 0.6) is 17.2 Å². The Morgan fingerprint density at radius 2 is 1.88 bits per heavy atom. The zero-order valence-corrected chi connectivity index (χ0v) is 24.2. The van der Waals surface area contributed by atoms with Crippen molar-refractivity contribution in [1.29, 1.82) is 0 Å². The summed E-state index contributed by atoms with van der Waals surface area (Å²) < 4.78 is 38.9. The Kier molecular flexibility index (Phi) is 11.9. The van der Waals surface area contributed by atoms with Crippen molar-refractivity contribution in [3.63, 3.8) is 0 Å². The number of benzene rings is 1. The Labute approximate surface area is 243 Å². The second kappa shape index (κ2) is 15.6. The summed E-state index contributed by atoms with van der Waals surface area (Å²) in [6, 6.07) is 9.15. The molecule has 1 aromatic carbocycles. The van der Waals surface area contributed by atoms with E-state index in [1.165, 1.54) is 26.3 Å². The van der Waals surface area contributed by atoms with Crippen molar-refractivity contribution in [3.05, 3.63) is 48.3 Å². The molecule has 1 fully saturated rings. The van der Waals surface area contributed by atoms with Crippen molar-refractivity contribution in [2.45, 2.75) is 58.5 Å². The molecule has 13 nitrogen and oxygen atoms in total. The monoisotopic (exact) mass is 588 g/mol. The molecule has 2 aromatic rings. The van der Waals surface area contributed by atoms with Gasteiger partial charge in [-0.05, 0) is 19.1 Å². The van der Waals surface area contributed by atoms with Crippen LogP contribution >= 0.6 is 0 Å². The molecule has 1 aromatic heterocycles. The smallest absolute Gasteiger partial charge is 0.329 e. The molecule has 13 heteroatoms. The lowest BCUT2D eigenvalue weighted by molar-refractivity contribution is -0.176. The van der Waals surface area contributed by atoms with Gasteiger partial charge in [0.15, 0.2) is 29.4 Å². The van der Waals surface area contributed by atoms with Crippen molar-refractivity contribution in [1.82, 2.24) is 10.3 Å². The number of esters is 3. The van der Waals surface area contributed by atoms with Crippen molar-refractivity contribution in [2.75, 3.05) is 27.1 Å². The number of aromatic nitrogens is 1. The minimum absolute atomic E-state index is 0.0174. The van der Waals surface area contributed by atoms with Gasteiger partial charge in [0.05, 0.1) is 19.6 Å². The minimum atomic E-state index is -1.14. The number of ether oxygens (including phenoxy) is 7. The van der Waals surface area contributed by atoms with Gasteiger partial charge in [0, 0.05) is 32.2 Å². The first-order valence-corrected chi connectivity index (χ1v) is 13.4. The molecule has 2 heterocycles. The Morgan fingerprint density at radius 1 is 1.14 bits per heavy atom. The minimum Gasteiger partial charge on any atom is -0.493 e. The summed E-state index contributed by atoms with van der Waals surface area (Å²) in [5.74, 6) is -2.41. The zero-order valence-electron chi connectivity index (χ0n) is 24.2. The summed E-state index contributed by atoms with van der Waals surface area (Å²) in [5.41, 5.74) is -0.202. The first kappa shape index (κ1) is 32.1. The van der Waals surface area contributed by atoms with E-state index in [0.717, 1.165) is 0 Å². The molecule has 1 N–H and O–H groups in total. The lowest BCUT2D eigenvalue weighted by Gasteiger charge is -2.33. The summed E-state index contributed by atoms with van der Waals surface area (Å²) in [7, 11) is 1.37. The van der Waals surface area contributed by atoms with Gasteiger partial charge >= 0.3 is 17.9 Å². The lowest BCUT2D eigenvalue weighted by Crippen LogP contribution is -2.51. The van der Waals surface area contributed by atoms with E-state index in [9.17, 15) is 19.2 Å². The number of nitrogens with one attached hydrogen (secondary N) is 1. The highest BCUT2D eigenvalue weighted by atomic mass is 16.7. The van der Waals surface area contributed by atoms with Gasteiger partial charge in [0.2, 0.25) is 6.79 Å². The van der Waals surface area contributed by atoms with E-state index < -0.39 is 60.9 Å². The van der Waals surface area contributed by atoms with Crippen LogP contribution in [0.25, 0.3) is 0 Å². The molecule has 3 rings (SSSR count). The van der Waals surface area contributed by atoms with Gasteiger partial charge in [-0.1, -0.05) is 32.0 Å². The van der Waals surface area contributed by atoms with Crippen LogP contribution < -0.4 is 19.5 Å². The molecule has 0 bridgehead atoms. The highest BCUT2D eigenvalue weighted by Crippen LogP contribution is 2.30. The van der Waals surface area contributed by atoms with E-state index in [4.69, 9.17) is 33.2 Å². The van der Waals surface area contributed by atoms with Crippen LogP contribution in [-0.4, -0.2) is 80.3 Å². The SMILES string of the molecule is COc1ccnc(C(=O)N[C@H]2CCOC[C@H](OC(=O)C(C)C)[C@@H](Oc3ccccc3)[C@H](C)OC2=O)c1OCOC(C)=O. The fourth-order valence-corrected chi connectivity index (χ4v) is 3.88. The fourth-order valence-electron chi connectivity index (χ4n) is 3.88.